The number of hydrogen-bond acceptors (Lipinski definition) is 2. The van der Waals surface area contributed by atoms with Crippen molar-refractivity contribution in [1.82, 2.24) is 9.88 Å². The molecule has 2 heteroatoms. The van der Waals surface area contributed by atoms with Crippen molar-refractivity contribution in [3.05, 3.63) is 30.1 Å². The Labute approximate surface area is 80.6 Å². The highest BCUT2D eigenvalue weighted by Crippen LogP contribution is 1.99. The summed E-state index contributed by atoms with van der Waals surface area (Å²) in [5, 5.41) is 0. The normalized spacial score (nSPS) is 11.2. The van der Waals surface area contributed by atoms with Gasteiger partial charge in [-0.3, -0.25) is 4.98 Å². The Kier molecular flexibility index (Phi) is 3.90. The van der Waals surface area contributed by atoms with E-state index < -0.39 is 0 Å². The lowest BCUT2D eigenvalue weighted by Gasteiger charge is -2.20. The van der Waals surface area contributed by atoms with Crippen LogP contribution in [0.5, 0.6) is 0 Å². The molecule has 0 aromatic carbocycles. The molecule has 0 fully saturated rings. The number of pyridine rings is 1. The third kappa shape index (κ3) is 3.55. The quantitative estimate of drug-likeness (QED) is 0.700. The molecule has 1 aromatic rings. The first-order chi connectivity index (χ1) is 6.20. The van der Waals surface area contributed by atoms with Gasteiger partial charge in [-0.1, -0.05) is 6.07 Å². The zero-order chi connectivity index (χ0) is 9.68. The first-order valence-corrected chi connectivity index (χ1v) is 4.80. The summed E-state index contributed by atoms with van der Waals surface area (Å²) in [6, 6.07) is 6.69. The molecule has 0 atom stereocenters. The summed E-state index contributed by atoms with van der Waals surface area (Å²) in [6.07, 6.45) is 2.89. The summed E-state index contributed by atoms with van der Waals surface area (Å²) in [5.41, 5.74) is 1.18. The van der Waals surface area contributed by atoms with Gasteiger partial charge in [0.2, 0.25) is 0 Å². The van der Waals surface area contributed by atoms with E-state index in [1.165, 1.54) is 5.69 Å². The maximum atomic E-state index is 4.28. The van der Waals surface area contributed by atoms with Crippen LogP contribution >= 0.6 is 0 Å². The molecule has 0 unspecified atom stereocenters. The largest absolute Gasteiger partial charge is 0.304 e. The second-order valence-corrected chi connectivity index (χ2v) is 3.65. The third-order valence-corrected chi connectivity index (χ3v) is 2.33. The van der Waals surface area contributed by atoms with Crippen molar-refractivity contribution in [2.45, 2.75) is 26.3 Å². The summed E-state index contributed by atoms with van der Waals surface area (Å²) in [4.78, 5) is 6.61. The minimum Gasteiger partial charge on any atom is -0.304 e. The van der Waals surface area contributed by atoms with E-state index in [9.17, 15) is 0 Å². The molecule has 13 heavy (non-hydrogen) atoms. The van der Waals surface area contributed by atoms with E-state index in [0.717, 1.165) is 13.0 Å². The number of hydrogen-bond donors (Lipinski definition) is 0. The van der Waals surface area contributed by atoms with Crippen molar-refractivity contribution in [3.8, 4) is 0 Å². The molecule has 0 saturated carbocycles. The first-order valence-electron chi connectivity index (χ1n) is 4.80. The van der Waals surface area contributed by atoms with E-state index in [2.05, 4.69) is 36.8 Å². The van der Waals surface area contributed by atoms with Crippen LogP contribution in [0.3, 0.4) is 0 Å². The predicted octanol–water partition coefficient (Wildman–Crippen LogP) is 1.96. The number of rotatable bonds is 4. The van der Waals surface area contributed by atoms with Crippen molar-refractivity contribution >= 4 is 0 Å². The standard InChI is InChI=1S/C11H18N2/c1-10(2)13(3)9-7-11-6-4-5-8-12-11/h4-6,8,10H,7,9H2,1-3H3. The SMILES string of the molecule is CC(C)N(C)CCc1ccccn1. The van der Waals surface area contributed by atoms with Crippen LogP contribution in [-0.4, -0.2) is 29.5 Å². The minimum absolute atomic E-state index is 0.615. The molecule has 0 aliphatic heterocycles. The predicted molar refractivity (Wildman–Crippen MR) is 55.7 cm³/mol. The van der Waals surface area contributed by atoms with E-state index in [0.29, 0.717) is 6.04 Å². The molecule has 1 aromatic heterocycles. The Balaban J connectivity index is 2.35. The zero-order valence-electron chi connectivity index (χ0n) is 8.70. The highest BCUT2D eigenvalue weighted by molar-refractivity contribution is 5.03. The van der Waals surface area contributed by atoms with Crippen molar-refractivity contribution in [2.24, 2.45) is 0 Å². The molecule has 0 bridgehead atoms. The average molecular weight is 178 g/mol. The van der Waals surface area contributed by atoms with Crippen molar-refractivity contribution in [1.29, 1.82) is 0 Å². The van der Waals surface area contributed by atoms with E-state index in [-0.39, 0.29) is 0 Å². The molecule has 0 aliphatic rings. The van der Waals surface area contributed by atoms with Gasteiger partial charge in [0.1, 0.15) is 0 Å². The Morgan fingerprint density at radius 1 is 1.38 bits per heavy atom. The van der Waals surface area contributed by atoms with Crippen molar-refractivity contribution < 1.29 is 0 Å². The van der Waals surface area contributed by atoms with Gasteiger partial charge in [-0.2, -0.15) is 0 Å². The fourth-order valence-corrected chi connectivity index (χ4v) is 1.10. The van der Waals surface area contributed by atoms with Crippen LogP contribution in [-0.2, 0) is 6.42 Å². The summed E-state index contributed by atoms with van der Waals surface area (Å²) < 4.78 is 0. The minimum atomic E-state index is 0.615. The number of nitrogens with zero attached hydrogens (tertiary/aromatic N) is 2. The lowest BCUT2D eigenvalue weighted by atomic mass is 10.2. The highest BCUT2D eigenvalue weighted by atomic mass is 15.1. The van der Waals surface area contributed by atoms with Gasteiger partial charge < -0.3 is 4.90 Å². The van der Waals surface area contributed by atoms with Crippen molar-refractivity contribution in [3.63, 3.8) is 0 Å². The lowest BCUT2D eigenvalue weighted by molar-refractivity contribution is 0.276. The molecule has 2 nitrogen and oxygen atoms in total. The van der Waals surface area contributed by atoms with Crippen LogP contribution in [0.2, 0.25) is 0 Å². The number of likely N-dealkylation sites (N-methyl/N-ethyl adjacent to an activating group) is 1. The van der Waals surface area contributed by atoms with Crippen LogP contribution < -0.4 is 0 Å². The summed E-state index contributed by atoms with van der Waals surface area (Å²) in [5.74, 6) is 0. The van der Waals surface area contributed by atoms with Gasteiger partial charge in [0.15, 0.2) is 0 Å². The lowest BCUT2D eigenvalue weighted by Crippen LogP contribution is -2.28. The second-order valence-electron chi connectivity index (χ2n) is 3.65. The Bertz CT molecular complexity index is 231. The summed E-state index contributed by atoms with van der Waals surface area (Å²) in [7, 11) is 2.15. The van der Waals surface area contributed by atoms with Gasteiger partial charge >= 0.3 is 0 Å². The van der Waals surface area contributed by atoms with Crippen molar-refractivity contribution in [2.75, 3.05) is 13.6 Å². The van der Waals surface area contributed by atoms with Gasteiger partial charge in [0.25, 0.3) is 0 Å². The maximum Gasteiger partial charge on any atom is 0.0416 e. The molecule has 0 N–H and O–H groups in total. The molecule has 0 saturated heterocycles. The zero-order valence-corrected chi connectivity index (χ0v) is 8.70. The average Bonchev–Trinajstić information content (AvgIpc) is 2.15. The molecule has 0 amide bonds. The molecule has 0 aliphatic carbocycles. The molecular weight excluding hydrogens is 160 g/mol. The van der Waals surface area contributed by atoms with Gasteiger partial charge in [-0.25, -0.2) is 0 Å². The highest BCUT2D eigenvalue weighted by Gasteiger charge is 2.02. The van der Waals surface area contributed by atoms with Crippen LogP contribution in [0.4, 0.5) is 0 Å². The number of aromatic nitrogens is 1. The third-order valence-electron chi connectivity index (χ3n) is 2.33. The van der Waals surface area contributed by atoms with Gasteiger partial charge in [-0.15, -0.1) is 0 Å². The van der Waals surface area contributed by atoms with Gasteiger partial charge in [-0.05, 0) is 33.0 Å². The Morgan fingerprint density at radius 3 is 2.69 bits per heavy atom. The Morgan fingerprint density at radius 2 is 2.15 bits per heavy atom. The van der Waals surface area contributed by atoms with E-state index in [4.69, 9.17) is 0 Å². The second kappa shape index (κ2) is 4.97. The van der Waals surface area contributed by atoms with E-state index >= 15 is 0 Å². The Hall–Kier alpha value is -0.890. The van der Waals surface area contributed by atoms with E-state index in [1.54, 1.807) is 0 Å². The smallest absolute Gasteiger partial charge is 0.0416 e. The first kappa shape index (κ1) is 10.2. The molecule has 72 valence electrons. The summed E-state index contributed by atoms with van der Waals surface area (Å²) in [6.45, 7) is 5.49. The van der Waals surface area contributed by atoms with Crippen LogP contribution in [0.15, 0.2) is 24.4 Å². The molecule has 1 heterocycles. The fourth-order valence-electron chi connectivity index (χ4n) is 1.10. The molecule has 0 spiro atoms. The summed E-state index contributed by atoms with van der Waals surface area (Å²) >= 11 is 0. The molecule has 1 rings (SSSR count). The maximum absolute atomic E-state index is 4.28. The van der Waals surface area contributed by atoms with Gasteiger partial charge in [0.05, 0.1) is 0 Å². The fraction of sp³-hybridized carbons (Fsp3) is 0.545. The van der Waals surface area contributed by atoms with Crippen LogP contribution in [0.1, 0.15) is 19.5 Å². The molecular formula is C11H18N2. The van der Waals surface area contributed by atoms with Crippen LogP contribution in [0, 0.1) is 0 Å². The van der Waals surface area contributed by atoms with E-state index in [1.807, 2.05) is 18.3 Å². The monoisotopic (exact) mass is 178 g/mol. The molecule has 0 radical (unpaired) electrons. The van der Waals surface area contributed by atoms with Crippen LogP contribution in [0.25, 0.3) is 0 Å². The van der Waals surface area contributed by atoms with Gasteiger partial charge in [0, 0.05) is 30.9 Å². The topological polar surface area (TPSA) is 16.1 Å².